The predicted molar refractivity (Wildman–Crippen MR) is 117 cm³/mol. The number of nitrogens with one attached hydrogen (secondary N) is 1. The maximum atomic E-state index is 13.1. The van der Waals surface area contributed by atoms with Crippen LogP contribution in [0, 0.1) is 5.92 Å². The van der Waals surface area contributed by atoms with Crippen LogP contribution in [-0.2, 0) is 14.8 Å². The number of amides is 2. The number of hydrogen-bond donors (Lipinski definition) is 1. The Balaban J connectivity index is 1.31. The van der Waals surface area contributed by atoms with Gasteiger partial charge in [0.05, 0.1) is 11.5 Å². The average Bonchev–Trinajstić information content (AvgIpc) is 3.36. The summed E-state index contributed by atoms with van der Waals surface area (Å²) in [4.78, 5) is 31.2. The molecule has 0 saturated carbocycles. The molecule has 2 fully saturated rings. The standard InChI is InChI=1S/C21H26N4O4S2/c26-20(16-4-1-9-22-14-16)23-18-7-11-24(12-8-18)21(27)17-5-2-10-25(15-17)31(28,29)19-6-3-13-30-19/h1,3-4,6,9,13-14,17-18H,2,5,7-8,10-12,15H2,(H,23,26). The predicted octanol–water partition coefficient (Wildman–Crippen LogP) is 1.96. The van der Waals surface area contributed by atoms with Crippen molar-refractivity contribution < 1.29 is 18.0 Å². The average molecular weight is 463 g/mol. The zero-order valence-corrected chi connectivity index (χ0v) is 18.8. The van der Waals surface area contributed by atoms with E-state index < -0.39 is 10.0 Å². The van der Waals surface area contributed by atoms with Gasteiger partial charge in [0, 0.05) is 44.6 Å². The zero-order valence-electron chi connectivity index (χ0n) is 17.1. The van der Waals surface area contributed by atoms with Gasteiger partial charge in [-0.25, -0.2) is 8.42 Å². The summed E-state index contributed by atoms with van der Waals surface area (Å²) in [6.07, 6.45) is 5.90. The SMILES string of the molecule is O=C(NC1CCN(C(=O)C2CCCN(S(=O)(=O)c3cccs3)C2)CC1)c1cccnc1. The molecule has 8 nitrogen and oxygen atoms in total. The first-order valence-electron chi connectivity index (χ1n) is 10.5. The highest BCUT2D eigenvalue weighted by atomic mass is 32.2. The summed E-state index contributed by atoms with van der Waals surface area (Å²) in [6, 6.07) is 6.79. The summed E-state index contributed by atoms with van der Waals surface area (Å²) < 4.78 is 27.4. The first kappa shape index (κ1) is 21.9. The lowest BCUT2D eigenvalue weighted by atomic mass is 9.96. The second-order valence-corrected chi connectivity index (χ2v) is 11.1. The fourth-order valence-corrected chi connectivity index (χ4v) is 6.84. The number of aromatic nitrogens is 1. The summed E-state index contributed by atoms with van der Waals surface area (Å²) >= 11 is 1.20. The van der Waals surface area contributed by atoms with Crippen molar-refractivity contribution >= 4 is 33.2 Å². The molecule has 2 aromatic heterocycles. The van der Waals surface area contributed by atoms with Crippen LogP contribution >= 0.6 is 11.3 Å². The van der Waals surface area contributed by atoms with Crippen molar-refractivity contribution in [1.82, 2.24) is 19.5 Å². The summed E-state index contributed by atoms with van der Waals surface area (Å²) in [6.45, 7) is 1.80. The van der Waals surface area contributed by atoms with E-state index in [0.29, 0.717) is 55.1 Å². The molecule has 4 rings (SSSR count). The van der Waals surface area contributed by atoms with Gasteiger partial charge in [0.15, 0.2) is 0 Å². The van der Waals surface area contributed by atoms with Crippen LogP contribution in [0.2, 0.25) is 0 Å². The van der Waals surface area contributed by atoms with Crippen molar-refractivity contribution in [3.05, 3.63) is 47.6 Å². The van der Waals surface area contributed by atoms with Crippen LogP contribution in [-0.4, -0.2) is 66.6 Å². The zero-order chi connectivity index (χ0) is 21.8. The number of hydrogen-bond acceptors (Lipinski definition) is 6. The van der Waals surface area contributed by atoms with E-state index in [1.54, 1.807) is 35.8 Å². The lowest BCUT2D eigenvalue weighted by molar-refractivity contribution is -0.137. The normalized spacial score (nSPS) is 21.0. The molecule has 2 aliphatic rings. The molecule has 0 radical (unpaired) electrons. The molecule has 2 aliphatic heterocycles. The lowest BCUT2D eigenvalue weighted by Gasteiger charge is -2.37. The smallest absolute Gasteiger partial charge is 0.253 e. The van der Waals surface area contributed by atoms with Crippen LogP contribution in [0.4, 0.5) is 0 Å². The molecule has 2 aromatic rings. The minimum Gasteiger partial charge on any atom is -0.349 e. The molecule has 2 amide bonds. The lowest BCUT2D eigenvalue weighted by Crippen LogP contribution is -2.51. The number of thiophene rings is 1. The molecule has 0 bridgehead atoms. The van der Waals surface area contributed by atoms with Gasteiger partial charge in [0.2, 0.25) is 5.91 Å². The van der Waals surface area contributed by atoms with Gasteiger partial charge in [0.25, 0.3) is 15.9 Å². The fraction of sp³-hybridized carbons (Fsp3) is 0.476. The van der Waals surface area contributed by atoms with Crippen LogP contribution in [0.15, 0.2) is 46.2 Å². The van der Waals surface area contributed by atoms with E-state index >= 15 is 0 Å². The number of carbonyl (C=O) groups excluding carboxylic acids is 2. The molecular formula is C21H26N4O4S2. The summed E-state index contributed by atoms with van der Waals surface area (Å²) in [5.41, 5.74) is 0.523. The fourth-order valence-electron chi connectivity index (χ4n) is 4.17. The number of rotatable bonds is 5. The molecule has 166 valence electrons. The third-order valence-electron chi connectivity index (χ3n) is 5.89. The highest BCUT2D eigenvalue weighted by Gasteiger charge is 2.36. The van der Waals surface area contributed by atoms with E-state index in [1.165, 1.54) is 21.8 Å². The first-order valence-corrected chi connectivity index (χ1v) is 12.8. The van der Waals surface area contributed by atoms with E-state index in [-0.39, 0.29) is 30.3 Å². The molecule has 0 aromatic carbocycles. The summed E-state index contributed by atoms with van der Waals surface area (Å²) in [5, 5.41) is 4.76. The Morgan fingerprint density at radius 1 is 1.10 bits per heavy atom. The second kappa shape index (κ2) is 9.46. The van der Waals surface area contributed by atoms with Crippen LogP contribution in [0.3, 0.4) is 0 Å². The topological polar surface area (TPSA) is 99.7 Å². The molecule has 0 spiro atoms. The molecule has 31 heavy (non-hydrogen) atoms. The Kier molecular flexibility index (Phi) is 6.68. The van der Waals surface area contributed by atoms with Crippen molar-refractivity contribution in [3.63, 3.8) is 0 Å². The van der Waals surface area contributed by atoms with E-state index in [1.807, 2.05) is 4.90 Å². The largest absolute Gasteiger partial charge is 0.349 e. The van der Waals surface area contributed by atoms with E-state index in [4.69, 9.17) is 0 Å². The molecule has 0 aliphatic carbocycles. The van der Waals surface area contributed by atoms with E-state index in [2.05, 4.69) is 10.3 Å². The maximum Gasteiger partial charge on any atom is 0.253 e. The monoisotopic (exact) mass is 462 g/mol. The van der Waals surface area contributed by atoms with Crippen LogP contribution in [0.1, 0.15) is 36.0 Å². The molecule has 2 saturated heterocycles. The third-order valence-corrected chi connectivity index (χ3v) is 9.13. The van der Waals surface area contributed by atoms with Gasteiger partial charge < -0.3 is 10.2 Å². The Morgan fingerprint density at radius 2 is 1.90 bits per heavy atom. The van der Waals surface area contributed by atoms with Crippen molar-refractivity contribution in [2.24, 2.45) is 5.92 Å². The number of likely N-dealkylation sites (tertiary alicyclic amines) is 1. The molecule has 4 heterocycles. The van der Waals surface area contributed by atoms with Crippen LogP contribution in [0.25, 0.3) is 0 Å². The van der Waals surface area contributed by atoms with Gasteiger partial charge >= 0.3 is 0 Å². The highest BCUT2D eigenvalue weighted by Crippen LogP contribution is 2.28. The molecule has 1 unspecified atom stereocenters. The number of pyridine rings is 1. The summed E-state index contributed by atoms with van der Waals surface area (Å²) in [7, 11) is -3.54. The molecule has 1 atom stereocenters. The Morgan fingerprint density at radius 3 is 2.58 bits per heavy atom. The van der Waals surface area contributed by atoms with E-state index in [9.17, 15) is 18.0 Å². The third kappa shape index (κ3) is 4.97. The van der Waals surface area contributed by atoms with Gasteiger partial charge in [-0.05, 0) is 49.3 Å². The minimum absolute atomic E-state index is 0.0128. The first-order chi connectivity index (χ1) is 14.9. The van der Waals surface area contributed by atoms with Gasteiger partial charge in [-0.15, -0.1) is 11.3 Å². The number of piperidine rings is 2. The van der Waals surface area contributed by atoms with Crippen LogP contribution < -0.4 is 5.32 Å². The molecular weight excluding hydrogens is 436 g/mol. The number of carbonyl (C=O) groups is 2. The summed E-state index contributed by atoms with van der Waals surface area (Å²) in [5.74, 6) is -0.451. The Labute approximate surface area is 186 Å². The minimum atomic E-state index is -3.54. The molecule has 10 heteroatoms. The van der Waals surface area contributed by atoms with Gasteiger partial charge in [-0.2, -0.15) is 4.31 Å². The van der Waals surface area contributed by atoms with Crippen molar-refractivity contribution in [3.8, 4) is 0 Å². The number of nitrogens with zero attached hydrogens (tertiary/aromatic N) is 3. The van der Waals surface area contributed by atoms with Crippen molar-refractivity contribution in [2.75, 3.05) is 26.2 Å². The highest BCUT2D eigenvalue weighted by molar-refractivity contribution is 7.91. The quantitative estimate of drug-likeness (QED) is 0.732. The Bertz CT molecular complexity index is 1000. The van der Waals surface area contributed by atoms with Crippen LogP contribution in [0.5, 0.6) is 0 Å². The van der Waals surface area contributed by atoms with Crippen molar-refractivity contribution in [1.29, 1.82) is 0 Å². The van der Waals surface area contributed by atoms with E-state index in [0.717, 1.165) is 0 Å². The van der Waals surface area contributed by atoms with Gasteiger partial charge in [-0.1, -0.05) is 6.07 Å². The maximum absolute atomic E-state index is 13.1. The van der Waals surface area contributed by atoms with Gasteiger partial charge in [-0.3, -0.25) is 14.6 Å². The second-order valence-electron chi connectivity index (χ2n) is 7.95. The Hall–Kier alpha value is -2.30. The van der Waals surface area contributed by atoms with Gasteiger partial charge in [0.1, 0.15) is 4.21 Å². The number of sulfonamides is 1. The molecule has 1 N–H and O–H groups in total. The van der Waals surface area contributed by atoms with Crippen molar-refractivity contribution in [2.45, 2.75) is 35.9 Å².